The van der Waals surface area contributed by atoms with Crippen molar-refractivity contribution < 1.29 is 5.11 Å². The Morgan fingerprint density at radius 3 is 2.71 bits per heavy atom. The zero-order valence-electron chi connectivity index (χ0n) is 8.79. The van der Waals surface area contributed by atoms with E-state index in [9.17, 15) is 9.90 Å². The van der Waals surface area contributed by atoms with Crippen LogP contribution in [0.1, 0.15) is 0 Å². The van der Waals surface area contributed by atoms with Gasteiger partial charge >= 0.3 is 0 Å². The Morgan fingerprint density at radius 1 is 1.18 bits per heavy atom. The van der Waals surface area contributed by atoms with Gasteiger partial charge < -0.3 is 5.11 Å². The minimum Gasteiger partial charge on any atom is -0.508 e. The number of hydrogen-bond acceptors (Lipinski definition) is 3. The topological polar surface area (TPSA) is 70.4 Å². The molecule has 5 heteroatoms. The van der Waals surface area contributed by atoms with Gasteiger partial charge in [-0.05, 0) is 24.3 Å². The van der Waals surface area contributed by atoms with E-state index >= 15 is 0 Å². The average molecular weight is 227 g/mol. The van der Waals surface area contributed by atoms with Crippen molar-refractivity contribution in [2.75, 3.05) is 0 Å². The molecule has 84 valence electrons. The quantitative estimate of drug-likeness (QED) is 0.660. The van der Waals surface area contributed by atoms with Crippen LogP contribution < -0.4 is 5.43 Å². The standard InChI is InChI=1S/C12H9N3O2/c16-9-3-1-8(2-4-9)12-13-11-7-10(17)5-6-15(11)14-12/h1-7,16H,(H,13,14). The van der Waals surface area contributed by atoms with Crippen LogP contribution in [-0.2, 0) is 0 Å². The Labute approximate surface area is 96.0 Å². The van der Waals surface area contributed by atoms with Crippen molar-refractivity contribution in [3.63, 3.8) is 0 Å². The summed E-state index contributed by atoms with van der Waals surface area (Å²) in [5.41, 5.74) is 1.34. The highest BCUT2D eigenvalue weighted by Gasteiger charge is 2.04. The molecule has 3 aromatic rings. The van der Waals surface area contributed by atoms with Crippen molar-refractivity contribution in [2.45, 2.75) is 0 Å². The van der Waals surface area contributed by atoms with Crippen LogP contribution >= 0.6 is 0 Å². The molecule has 0 saturated carbocycles. The maximum Gasteiger partial charge on any atom is 0.183 e. The first-order valence-corrected chi connectivity index (χ1v) is 5.10. The molecule has 2 N–H and O–H groups in total. The van der Waals surface area contributed by atoms with Gasteiger partial charge in [0.2, 0.25) is 0 Å². The van der Waals surface area contributed by atoms with Gasteiger partial charge in [-0.25, -0.2) is 9.50 Å². The molecule has 0 radical (unpaired) electrons. The molecule has 0 aliphatic carbocycles. The van der Waals surface area contributed by atoms with E-state index in [4.69, 9.17) is 0 Å². The number of phenolic OH excluding ortho intramolecular Hbond substituents is 1. The lowest BCUT2D eigenvalue weighted by molar-refractivity contribution is 0.475. The molecule has 5 nitrogen and oxygen atoms in total. The Morgan fingerprint density at radius 2 is 1.94 bits per heavy atom. The summed E-state index contributed by atoms with van der Waals surface area (Å²) in [6.45, 7) is 0. The van der Waals surface area contributed by atoms with E-state index in [1.165, 1.54) is 12.1 Å². The first-order valence-electron chi connectivity index (χ1n) is 5.10. The molecule has 17 heavy (non-hydrogen) atoms. The summed E-state index contributed by atoms with van der Waals surface area (Å²) in [4.78, 5) is 15.5. The minimum absolute atomic E-state index is 0.0752. The zero-order chi connectivity index (χ0) is 11.8. The molecular weight excluding hydrogens is 218 g/mol. The van der Waals surface area contributed by atoms with E-state index in [1.807, 2.05) is 0 Å². The van der Waals surface area contributed by atoms with Crippen molar-refractivity contribution in [2.24, 2.45) is 0 Å². The number of pyridine rings is 1. The van der Waals surface area contributed by atoms with E-state index in [2.05, 4.69) is 10.1 Å². The lowest BCUT2D eigenvalue weighted by Crippen LogP contribution is -1.98. The smallest absolute Gasteiger partial charge is 0.183 e. The molecular formula is C12H9N3O2. The number of benzene rings is 1. The summed E-state index contributed by atoms with van der Waals surface area (Å²) in [6.07, 6.45) is 1.63. The van der Waals surface area contributed by atoms with Crippen LogP contribution in [0.15, 0.2) is 47.4 Å². The third-order valence-corrected chi connectivity index (χ3v) is 2.50. The van der Waals surface area contributed by atoms with Gasteiger partial charge in [-0.1, -0.05) is 0 Å². The Kier molecular flexibility index (Phi) is 1.98. The van der Waals surface area contributed by atoms with Gasteiger partial charge in [0.05, 0.1) is 0 Å². The molecule has 1 aromatic carbocycles. The normalized spacial score (nSPS) is 10.8. The summed E-state index contributed by atoms with van der Waals surface area (Å²) in [7, 11) is 0. The van der Waals surface area contributed by atoms with E-state index in [0.29, 0.717) is 11.5 Å². The maximum atomic E-state index is 11.2. The number of nitrogens with zero attached hydrogens (tertiary/aromatic N) is 2. The van der Waals surface area contributed by atoms with Gasteiger partial charge in [-0.3, -0.25) is 9.89 Å². The number of nitrogens with one attached hydrogen (secondary N) is 1. The number of fused-ring (bicyclic) bond motifs is 1. The lowest BCUT2D eigenvalue weighted by Gasteiger charge is -1.95. The van der Waals surface area contributed by atoms with Gasteiger partial charge in [0.15, 0.2) is 16.9 Å². The summed E-state index contributed by atoms with van der Waals surface area (Å²) in [6, 6.07) is 9.61. The van der Waals surface area contributed by atoms with E-state index in [-0.39, 0.29) is 11.2 Å². The van der Waals surface area contributed by atoms with E-state index in [1.54, 1.807) is 35.0 Å². The van der Waals surface area contributed by atoms with Gasteiger partial charge in [0, 0.05) is 23.9 Å². The Balaban J connectivity index is 2.17. The monoisotopic (exact) mass is 227 g/mol. The van der Waals surface area contributed by atoms with Crippen LogP contribution in [0.5, 0.6) is 5.75 Å². The predicted octanol–water partition coefficient (Wildman–Crippen LogP) is 1.40. The summed E-state index contributed by atoms with van der Waals surface area (Å²) in [5, 5.41) is 12.2. The molecule has 0 amide bonds. The third kappa shape index (κ3) is 1.67. The van der Waals surface area contributed by atoms with Crippen LogP contribution in [-0.4, -0.2) is 19.7 Å². The summed E-state index contributed by atoms with van der Waals surface area (Å²) >= 11 is 0. The zero-order valence-corrected chi connectivity index (χ0v) is 8.79. The number of aromatic hydroxyl groups is 1. The highest BCUT2D eigenvalue weighted by molar-refractivity contribution is 5.58. The number of rotatable bonds is 1. The van der Waals surface area contributed by atoms with Crippen LogP contribution in [0.2, 0.25) is 0 Å². The first-order chi connectivity index (χ1) is 8.22. The number of aromatic nitrogens is 3. The highest BCUT2D eigenvalue weighted by atomic mass is 16.3. The molecule has 0 aliphatic heterocycles. The van der Waals surface area contributed by atoms with Crippen LogP contribution in [0.3, 0.4) is 0 Å². The SMILES string of the molecule is O=c1ccn2[nH]c(-c3ccc(O)cc3)nc2c1. The molecule has 0 bridgehead atoms. The predicted molar refractivity (Wildman–Crippen MR) is 62.9 cm³/mol. The van der Waals surface area contributed by atoms with Crippen LogP contribution in [0.4, 0.5) is 0 Å². The maximum absolute atomic E-state index is 11.2. The fourth-order valence-corrected chi connectivity index (χ4v) is 1.65. The summed E-state index contributed by atoms with van der Waals surface area (Å²) < 4.78 is 1.67. The molecule has 2 aromatic heterocycles. The molecule has 3 rings (SSSR count). The fourth-order valence-electron chi connectivity index (χ4n) is 1.65. The van der Waals surface area contributed by atoms with E-state index < -0.39 is 0 Å². The van der Waals surface area contributed by atoms with Crippen LogP contribution in [0.25, 0.3) is 17.0 Å². The number of H-pyrrole nitrogens is 1. The van der Waals surface area contributed by atoms with Gasteiger partial charge in [0.1, 0.15) is 5.75 Å². The van der Waals surface area contributed by atoms with E-state index in [0.717, 1.165) is 5.56 Å². The van der Waals surface area contributed by atoms with Gasteiger partial charge in [-0.15, -0.1) is 0 Å². The second-order valence-corrected chi connectivity index (χ2v) is 3.71. The molecule has 0 fully saturated rings. The van der Waals surface area contributed by atoms with Gasteiger partial charge in [0.25, 0.3) is 0 Å². The largest absolute Gasteiger partial charge is 0.508 e. The lowest BCUT2D eigenvalue weighted by atomic mass is 10.2. The summed E-state index contributed by atoms with van der Waals surface area (Å²) in [5.74, 6) is 0.856. The molecule has 0 spiro atoms. The highest BCUT2D eigenvalue weighted by Crippen LogP contribution is 2.18. The van der Waals surface area contributed by atoms with Crippen LogP contribution in [0, 0.1) is 0 Å². The van der Waals surface area contributed by atoms with Crippen molar-refractivity contribution in [3.05, 3.63) is 52.8 Å². The first kappa shape index (κ1) is 9.65. The molecule has 0 aliphatic rings. The van der Waals surface area contributed by atoms with Crippen molar-refractivity contribution in [1.29, 1.82) is 0 Å². The number of hydrogen-bond donors (Lipinski definition) is 2. The molecule has 0 saturated heterocycles. The minimum atomic E-state index is -0.0752. The third-order valence-electron chi connectivity index (χ3n) is 2.50. The van der Waals surface area contributed by atoms with Crippen molar-refractivity contribution in [3.8, 4) is 17.1 Å². The second-order valence-electron chi connectivity index (χ2n) is 3.71. The second kappa shape index (κ2) is 3.48. The Hall–Kier alpha value is -2.56. The fraction of sp³-hybridized carbons (Fsp3) is 0. The molecule has 0 atom stereocenters. The Bertz CT molecular complexity index is 725. The molecule has 0 unspecified atom stereocenters. The van der Waals surface area contributed by atoms with Crippen molar-refractivity contribution >= 4 is 5.65 Å². The average Bonchev–Trinajstić information content (AvgIpc) is 2.72. The van der Waals surface area contributed by atoms with Crippen molar-refractivity contribution in [1.82, 2.24) is 14.6 Å². The molecule has 2 heterocycles. The number of phenols is 1. The number of aromatic amines is 1. The van der Waals surface area contributed by atoms with Gasteiger partial charge in [-0.2, -0.15) is 0 Å².